The third-order valence-electron chi connectivity index (χ3n) is 4.40. The molecule has 1 aromatic heterocycles. The Labute approximate surface area is 152 Å². The number of hydrogen-bond donors (Lipinski definition) is 3. The van der Waals surface area contributed by atoms with Gasteiger partial charge in [0.2, 0.25) is 5.72 Å². The van der Waals surface area contributed by atoms with Crippen LogP contribution in [-0.2, 0) is 21.7 Å². The first-order valence-electron chi connectivity index (χ1n) is 7.93. The molecule has 2 aromatic rings. The van der Waals surface area contributed by atoms with Crippen molar-refractivity contribution in [2.75, 3.05) is 6.61 Å². The first-order chi connectivity index (χ1) is 12.4. The van der Waals surface area contributed by atoms with Crippen LogP contribution in [0.25, 0.3) is 0 Å². The zero-order chi connectivity index (χ0) is 18.9. The number of aromatic amines is 1. The summed E-state index contributed by atoms with van der Waals surface area (Å²) < 4.78 is 6.58. The molecule has 0 spiro atoms. The highest BCUT2D eigenvalue weighted by Crippen LogP contribution is 2.36. The Morgan fingerprint density at radius 3 is 2.69 bits per heavy atom. The smallest absolute Gasteiger partial charge is 0.331 e. The molecule has 0 amide bonds. The monoisotopic (exact) mass is 380 g/mol. The fourth-order valence-electron chi connectivity index (χ4n) is 3.07. The van der Waals surface area contributed by atoms with Gasteiger partial charge in [0.1, 0.15) is 6.10 Å². The molecular formula is C17H17ClN2O6. The van der Waals surface area contributed by atoms with Crippen LogP contribution in [0.1, 0.15) is 12.0 Å². The number of aliphatic hydroxyl groups is 2. The van der Waals surface area contributed by atoms with Gasteiger partial charge in [-0.05, 0) is 11.6 Å². The molecule has 3 N–H and O–H groups in total. The average molecular weight is 381 g/mol. The lowest BCUT2D eigenvalue weighted by molar-refractivity contribution is -0.161. The van der Waals surface area contributed by atoms with Crippen LogP contribution in [0.15, 0.2) is 46.1 Å². The van der Waals surface area contributed by atoms with E-state index in [1.807, 2.05) is 0 Å². The first kappa shape index (κ1) is 18.5. The zero-order valence-electron chi connectivity index (χ0n) is 13.6. The number of rotatable bonds is 5. The number of aliphatic hydroxyl groups excluding tert-OH is 2. The Morgan fingerprint density at radius 2 is 2.08 bits per heavy atom. The second kappa shape index (κ2) is 7.16. The fraction of sp³-hybridized carbons (Fsp3) is 0.353. The quantitative estimate of drug-likeness (QED) is 0.660. The van der Waals surface area contributed by atoms with Crippen molar-refractivity contribution >= 4 is 17.4 Å². The van der Waals surface area contributed by atoms with Crippen molar-refractivity contribution in [3.63, 3.8) is 0 Å². The number of ketones is 1. The lowest BCUT2D eigenvalue weighted by Crippen LogP contribution is -2.50. The minimum atomic E-state index is -1.85. The van der Waals surface area contributed by atoms with Gasteiger partial charge in [-0.1, -0.05) is 29.8 Å². The Balaban J connectivity index is 2.07. The molecule has 2 heterocycles. The SMILES string of the molecule is O=C(Cc1ccccc1Cl)[C@]1(n2ccc(=O)[nH]c2=O)C[C@H](O)[C@@H](CO)O1. The van der Waals surface area contributed by atoms with Crippen molar-refractivity contribution in [2.45, 2.75) is 30.8 Å². The van der Waals surface area contributed by atoms with E-state index in [2.05, 4.69) is 4.98 Å². The van der Waals surface area contributed by atoms with Gasteiger partial charge in [-0.2, -0.15) is 0 Å². The molecule has 1 aliphatic heterocycles. The minimum absolute atomic E-state index is 0.157. The second-order valence-corrected chi connectivity index (χ2v) is 6.47. The molecule has 0 radical (unpaired) electrons. The lowest BCUT2D eigenvalue weighted by Gasteiger charge is -2.29. The molecule has 3 rings (SSSR count). The number of Topliss-reactive ketones (excluding diaryl/α,β-unsaturated/α-hetero) is 1. The van der Waals surface area contributed by atoms with Crippen molar-refractivity contribution in [1.82, 2.24) is 9.55 Å². The highest BCUT2D eigenvalue weighted by Gasteiger charge is 2.52. The van der Waals surface area contributed by atoms with Crippen LogP contribution >= 0.6 is 11.6 Å². The summed E-state index contributed by atoms with van der Waals surface area (Å²) in [5.74, 6) is -0.533. The maximum absolute atomic E-state index is 13.1. The van der Waals surface area contributed by atoms with E-state index in [-0.39, 0.29) is 12.8 Å². The van der Waals surface area contributed by atoms with Gasteiger partial charge in [-0.15, -0.1) is 0 Å². The number of hydrogen-bond acceptors (Lipinski definition) is 6. The molecule has 1 aliphatic rings. The summed E-state index contributed by atoms with van der Waals surface area (Å²) in [6.07, 6.45) is -1.46. The normalized spacial score (nSPS) is 25.3. The first-order valence-corrected chi connectivity index (χ1v) is 8.31. The highest BCUT2D eigenvalue weighted by molar-refractivity contribution is 6.31. The van der Waals surface area contributed by atoms with Crippen molar-refractivity contribution in [3.05, 3.63) is 68.0 Å². The summed E-state index contributed by atoms with van der Waals surface area (Å²) in [6.45, 7) is -0.527. The molecule has 3 atom stereocenters. The molecule has 0 aliphatic carbocycles. The van der Waals surface area contributed by atoms with Gasteiger partial charge in [-0.25, -0.2) is 4.79 Å². The van der Waals surface area contributed by atoms with Gasteiger partial charge in [0.25, 0.3) is 5.56 Å². The maximum Gasteiger partial charge on any atom is 0.331 e. The molecule has 0 bridgehead atoms. The number of carbonyl (C=O) groups excluding carboxylic acids is 1. The summed E-state index contributed by atoms with van der Waals surface area (Å²) in [5.41, 5.74) is -2.80. The van der Waals surface area contributed by atoms with Crippen molar-refractivity contribution in [2.24, 2.45) is 0 Å². The van der Waals surface area contributed by atoms with Crippen LogP contribution in [0, 0.1) is 0 Å². The number of ether oxygens (including phenoxy) is 1. The van der Waals surface area contributed by atoms with E-state index in [4.69, 9.17) is 16.3 Å². The number of carbonyl (C=O) groups is 1. The number of nitrogens with one attached hydrogen (secondary N) is 1. The average Bonchev–Trinajstić information content (AvgIpc) is 2.94. The van der Waals surface area contributed by atoms with E-state index >= 15 is 0 Å². The van der Waals surface area contributed by atoms with Gasteiger partial charge >= 0.3 is 5.69 Å². The Hall–Kier alpha value is -2.26. The maximum atomic E-state index is 13.1. The molecule has 8 nitrogen and oxygen atoms in total. The van der Waals surface area contributed by atoms with Crippen LogP contribution in [0.2, 0.25) is 5.02 Å². The van der Waals surface area contributed by atoms with E-state index in [0.29, 0.717) is 10.6 Å². The summed E-state index contributed by atoms with van der Waals surface area (Å²) in [6, 6.07) is 7.81. The third kappa shape index (κ3) is 3.24. The van der Waals surface area contributed by atoms with Crippen molar-refractivity contribution in [1.29, 1.82) is 0 Å². The van der Waals surface area contributed by atoms with Gasteiger partial charge in [0, 0.05) is 30.1 Å². The standard InChI is InChI=1S/C17H17ClN2O6/c18-11-4-2-1-3-10(11)7-14(23)17(8-12(22)13(9-21)26-17)20-6-5-15(24)19-16(20)25/h1-6,12-13,21-22H,7-9H2,(H,19,24,25)/t12-,13+,17-/m0/s1. The summed E-state index contributed by atoms with van der Waals surface area (Å²) in [7, 11) is 0. The minimum Gasteiger partial charge on any atom is -0.394 e. The Morgan fingerprint density at radius 1 is 1.35 bits per heavy atom. The third-order valence-corrected chi connectivity index (χ3v) is 4.77. The molecule has 138 valence electrons. The topological polar surface area (TPSA) is 122 Å². The summed E-state index contributed by atoms with van der Waals surface area (Å²) in [4.78, 5) is 38.8. The van der Waals surface area contributed by atoms with E-state index in [0.717, 1.165) is 16.8 Å². The van der Waals surface area contributed by atoms with Gasteiger partial charge < -0.3 is 14.9 Å². The van der Waals surface area contributed by atoms with Crippen molar-refractivity contribution in [3.8, 4) is 0 Å². The molecule has 0 unspecified atom stereocenters. The number of aromatic nitrogens is 2. The lowest BCUT2D eigenvalue weighted by atomic mass is 9.96. The molecule has 1 saturated heterocycles. The van der Waals surface area contributed by atoms with Crippen LogP contribution in [0.4, 0.5) is 0 Å². The molecule has 9 heteroatoms. The molecular weight excluding hydrogens is 364 g/mol. The number of H-pyrrole nitrogens is 1. The number of halogens is 1. The summed E-state index contributed by atoms with van der Waals surface area (Å²) >= 11 is 6.10. The largest absolute Gasteiger partial charge is 0.394 e. The Kier molecular flexibility index (Phi) is 5.10. The van der Waals surface area contributed by atoms with Crippen LogP contribution in [0.3, 0.4) is 0 Å². The van der Waals surface area contributed by atoms with E-state index in [1.165, 1.54) is 0 Å². The van der Waals surface area contributed by atoms with E-state index in [9.17, 15) is 24.6 Å². The molecule has 0 saturated carbocycles. The Bertz CT molecular complexity index is 939. The summed E-state index contributed by atoms with van der Waals surface area (Å²) in [5, 5.41) is 19.9. The molecule has 1 aromatic carbocycles. The van der Waals surface area contributed by atoms with Gasteiger partial charge in [-0.3, -0.25) is 19.1 Å². The molecule has 26 heavy (non-hydrogen) atoms. The van der Waals surface area contributed by atoms with Crippen LogP contribution in [-0.4, -0.2) is 44.4 Å². The predicted octanol–water partition coefficient (Wildman–Crippen LogP) is -0.203. The van der Waals surface area contributed by atoms with Gasteiger partial charge in [0.05, 0.1) is 12.7 Å². The number of benzene rings is 1. The second-order valence-electron chi connectivity index (χ2n) is 6.07. The van der Waals surface area contributed by atoms with E-state index < -0.39 is 41.6 Å². The number of nitrogens with zero attached hydrogens (tertiary/aromatic N) is 1. The van der Waals surface area contributed by atoms with Crippen LogP contribution < -0.4 is 11.2 Å². The molecule has 1 fully saturated rings. The zero-order valence-corrected chi connectivity index (χ0v) is 14.3. The predicted molar refractivity (Wildman–Crippen MR) is 92.0 cm³/mol. The van der Waals surface area contributed by atoms with Crippen molar-refractivity contribution < 1.29 is 19.7 Å². The van der Waals surface area contributed by atoms with Crippen LogP contribution in [0.5, 0.6) is 0 Å². The fourth-order valence-corrected chi connectivity index (χ4v) is 3.28. The van der Waals surface area contributed by atoms with Gasteiger partial charge in [0.15, 0.2) is 5.78 Å². The van der Waals surface area contributed by atoms with E-state index in [1.54, 1.807) is 24.3 Å². The highest BCUT2D eigenvalue weighted by atomic mass is 35.5.